The van der Waals surface area contributed by atoms with Gasteiger partial charge in [0.2, 0.25) is 5.91 Å². The molecule has 1 heterocycles. The summed E-state index contributed by atoms with van der Waals surface area (Å²) in [7, 11) is 1.62. The number of hydrogen-bond acceptors (Lipinski definition) is 7. The van der Waals surface area contributed by atoms with Gasteiger partial charge in [0.05, 0.1) is 11.9 Å². The lowest BCUT2D eigenvalue weighted by molar-refractivity contribution is -0.119. The van der Waals surface area contributed by atoms with E-state index in [1.807, 2.05) is 59.2 Å². The molecule has 1 aromatic heterocycles. The van der Waals surface area contributed by atoms with Gasteiger partial charge in [-0.05, 0) is 25.5 Å². The molecule has 0 aliphatic rings. The highest BCUT2D eigenvalue weighted by Gasteiger charge is 2.22. The van der Waals surface area contributed by atoms with Crippen LogP contribution in [0, 0.1) is 0 Å². The number of carbonyl (C=O) groups excluding carboxylic acids is 2. The highest BCUT2D eigenvalue weighted by molar-refractivity contribution is 8.00. The molecule has 10 heteroatoms. The highest BCUT2D eigenvalue weighted by Crippen LogP contribution is 2.30. The van der Waals surface area contributed by atoms with Crippen LogP contribution in [-0.4, -0.2) is 52.2 Å². The van der Waals surface area contributed by atoms with Crippen LogP contribution < -0.4 is 15.4 Å². The zero-order valence-corrected chi connectivity index (χ0v) is 20.3. The van der Waals surface area contributed by atoms with Gasteiger partial charge in [-0.1, -0.05) is 60.3 Å². The second-order valence-electron chi connectivity index (χ2n) is 7.30. The van der Waals surface area contributed by atoms with Gasteiger partial charge >= 0.3 is 6.03 Å². The molecule has 0 spiro atoms. The Morgan fingerprint density at radius 3 is 2.56 bits per heavy atom. The number of para-hydroxylation sites is 1. The van der Waals surface area contributed by atoms with Crippen molar-refractivity contribution in [2.75, 3.05) is 20.3 Å². The van der Waals surface area contributed by atoms with Gasteiger partial charge in [0, 0.05) is 25.8 Å². The maximum Gasteiger partial charge on any atom is 0.321 e. The number of aromatic nitrogens is 3. The number of amides is 3. The summed E-state index contributed by atoms with van der Waals surface area (Å²) in [5.41, 5.74) is 2.04. The van der Waals surface area contributed by atoms with Crippen molar-refractivity contribution in [3.05, 3.63) is 60.4 Å². The number of rotatable bonds is 11. The topological polar surface area (TPSA) is 107 Å². The Hall–Kier alpha value is -3.37. The standard InChI is InChI=1S/C24H29N5O4S/c1-4-25-23(31)26-22(30)17(2)34-24-28-27-21(29(24)14-15-32-3)16-33-20-13-9-8-12-19(20)18-10-6-5-7-11-18/h5-13,17H,4,14-16H2,1-3H3,(H2,25,26,30,31). The summed E-state index contributed by atoms with van der Waals surface area (Å²) < 4.78 is 13.2. The Morgan fingerprint density at radius 1 is 1.09 bits per heavy atom. The van der Waals surface area contributed by atoms with Gasteiger partial charge < -0.3 is 19.4 Å². The molecule has 3 rings (SSSR count). The van der Waals surface area contributed by atoms with Crippen LogP contribution in [0.15, 0.2) is 59.8 Å². The third-order valence-electron chi connectivity index (χ3n) is 4.87. The molecule has 0 saturated heterocycles. The van der Waals surface area contributed by atoms with Crippen LogP contribution in [0.25, 0.3) is 11.1 Å². The minimum atomic E-state index is -0.555. The van der Waals surface area contributed by atoms with Crippen LogP contribution in [0.5, 0.6) is 5.75 Å². The molecular formula is C24H29N5O4S. The minimum Gasteiger partial charge on any atom is -0.485 e. The van der Waals surface area contributed by atoms with Gasteiger partial charge in [0.1, 0.15) is 12.4 Å². The predicted molar refractivity (Wildman–Crippen MR) is 131 cm³/mol. The Bertz CT molecular complexity index is 1090. The molecule has 2 aromatic carbocycles. The molecule has 0 fully saturated rings. The maximum absolute atomic E-state index is 12.3. The number of ether oxygens (including phenoxy) is 2. The van der Waals surface area contributed by atoms with E-state index in [1.165, 1.54) is 11.8 Å². The molecule has 0 aliphatic heterocycles. The largest absolute Gasteiger partial charge is 0.485 e. The van der Waals surface area contributed by atoms with Crippen molar-refractivity contribution >= 4 is 23.7 Å². The van der Waals surface area contributed by atoms with Gasteiger partial charge in [-0.25, -0.2) is 4.79 Å². The summed E-state index contributed by atoms with van der Waals surface area (Å²) >= 11 is 1.22. The first-order valence-corrected chi connectivity index (χ1v) is 11.8. The molecule has 1 unspecified atom stereocenters. The Balaban J connectivity index is 1.74. The van der Waals surface area contributed by atoms with E-state index >= 15 is 0 Å². The van der Waals surface area contributed by atoms with Crippen molar-refractivity contribution in [2.24, 2.45) is 0 Å². The second-order valence-corrected chi connectivity index (χ2v) is 8.61. The number of benzene rings is 2. The Morgan fingerprint density at radius 2 is 1.82 bits per heavy atom. The van der Waals surface area contributed by atoms with E-state index in [0.717, 1.165) is 16.9 Å². The predicted octanol–water partition coefficient (Wildman–Crippen LogP) is 3.50. The fraction of sp³-hybridized carbons (Fsp3) is 0.333. The van der Waals surface area contributed by atoms with Crippen LogP contribution in [0.1, 0.15) is 19.7 Å². The number of thioether (sulfide) groups is 1. The van der Waals surface area contributed by atoms with Gasteiger partial charge in [0.15, 0.2) is 11.0 Å². The smallest absolute Gasteiger partial charge is 0.321 e. The van der Waals surface area contributed by atoms with E-state index in [2.05, 4.69) is 20.8 Å². The maximum atomic E-state index is 12.3. The van der Waals surface area contributed by atoms with Gasteiger partial charge in [-0.2, -0.15) is 0 Å². The van der Waals surface area contributed by atoms with Crippen LogP contribution in [0.2, 0.25) is 0 Å². The van der Waals surface area contributed by atoms with Crippen molar-refractivity contribution in [1.29, 1.82) is 0 Å². The average Bonchev–Trinajstić information content (AvgIpc) is 3.23. The molecular weight excluding hydrogens is 454 g/mol. The van der Waals surface area contributed by atoms with Crippen LogP contribution in [0.4, 0.5) is 4.79 Å². The van der Waals surface area contributed by atoms with Crippen LogP contribution >= 0.6 is 11.8 Å². The van der Waals surface area contributed by atoms with Gasteiger partial charge in [-0.3, -0.25) is 10.1 Å². The number of nitrogens with one attached hydrogen (secondary N) is 2. The van der Waals surface area contributed by atoms with Crippen LogP contribution in [0.3, 0.4) is 0 Å². The van der Waals surface area contributed by atoms with E-state index in [0.29, 0.717) is 30.7 Å². The molecule has 0 bridgehead atoms. The first kappa shape index (κ1) is 25.3. The summed E-state index contributed by atoms with van der Waals surface area (Å²) in [4.78, 5) is 24.0. The van der Waals surface area contributed by atoms with E-state index < -0.39 is 17.2 Å². The van der Waals surface area contributed by atoms with Crippen molar-refractivity contribution in [1.82, 2.24) is 25.4 Å². The summed E-state index contributed by atoms with van der Waals surface area (Å²) in [6.07, 6.45) is 0. The van der Waals surface area contributed by atoms with Crippen molar-refractivity contribution < 1.29 is 19.1 Å². The molecule has 2 N–H and O–H groups in total. The van der Waals surface area contributed by atoms with E-state index in [-0.39, 0.29) is 6.61 Å². The number of imide groups is 1. The molecule has 1 atom stereocenters. The second kappa shape index (κ2) is 12.8. The lowest BCUT2D eigenvalue weighted by Gasteiger charge is -2.14. The molecule has 9 nitrogen and oxygen atoms in total. The highest BCUT2D eigenvalue weighted by atomic mass is 32.2. The van der Waals surface area contributed by atoms with E-state index in [9.17, 15) is 9.59 Å². The third kappa shape index (κ3) is 6.82. The summed E-state index contributed by atoms with van der Waals surface area (Å²) in [5.74, 6) is 0.935. The number of methoxy groups -OCH3 is 1. The number of nitrogens with zero attached hydrogens (tertiary/aromatic N) is 3. The number of carbonyl (C=O) groups is 2. The minimum absolute atomic E-state index is 0.195. The van der Waals surface area contributed by atoms with Crippen molar-refractivity contribution in [3.8, 4) is 16.9 Å². The summed E-state index contributed by atoms with van der Waals surface area (Å²) in [5, 5.41) is 13.4. The lowest BCUT2D eigenvalue weighted by atomic mass is 10.1. The van der Waals surface area contributed by atoms with E-state index in [1.54, 1.807) is 21.0 Å². The molecule has 0 saturated carbocycles. The Labute approximate surface area is 203 Å². The van der Waals surface area contributed by atoms with Crippen molar-refractivity contribution in [3.63, 3.8) is 0 Å². The Kier molecular flexibility index (Phi) is 9.48. The fourth-order valence-electron chi connectivity index (χ4n) is 3.14. The first-order chi connectivity index (χ1) is 16.5. The molecule has 180 valence electrons. The third-order valence-corrected chi connectivity index (χ3v) is 5.95. The molecule has 3 amide bonds. The first-order valence-electron chi connectivity index (χ1n) is 11.0. The normalized spacial score (nSPS) is 11.6. The van der Waals surface area contributed by atoms with Gasteiger partial charge in [-0.15, -0.1) is 10.2 Å². The SMILES string of the molecule is CCNC(=O)NC(=O)C(C)Sc1nnc(COc2ccccc2-c2ccccc2)n1CCOC. The van der Waals surface area contributed by atoms with Crippen LogP contribution in [-0.2, 0) is 22.7 Å². The molecule has 34 heavy (non-hydrogen) atoms. The molecule has 3 aromatic rings. The number of hydrogen-bond donors (Lipinski definition) is 2. The average molecular weight is 484 g/mol. The zero-order chi connectivity index (χ0) is 24.3. The molecule has 0 radical (unpaired) electrons. The van der Waals surface area contributed by atoms with Crippen molar-refractivity contribution in [2.45, 2.75) is 37.4 Å². The molecule has 0 aliphatic carbocycles. The monoisotopic (exact) mass is 483 g/mol. The van der Waals surface area contributed by atoms with E-state index in [4.69, 9.17) is 9.47 Å². The van der Waals surface area contributed by atoms with Gasteiger partial charge in [0.25, 0.3) is 0 Å². The number of urea groups is 1. The quantitative estimate of drug-likeness (QED) is 0.402. The lowest BCUT2D eigenvalue weighted by Crippen LogP contribution is -2.42. The summed E-state index contributed by atoms with van der Waals surface area (Å²) in [6, 6.07) is 17.3. The fourth-order valence-corrected chi connectivity index (χ4v) is 4.04. The summed E-state index contributed by atoms with van der Waals surface area (Å²) in [6.45, 7) is 5.06. The zero-order valence-electron chi connectivity index (χ0n) is 19.5.